The zero-order chi connectivity index (χ0) is 37.2. The average molecular weight is 717 g/mol. The summed E-state index contributed by atoms with van der Waals surface area (Å²) in [6.07, 6.45) is 0. The molecule has 0 unspecified atom stereocenters. The SMILES string of the molecule is Oc1cccc2c1oc1c(-c3ccc(-c4cc5c6ccccc6c(-c6nc(-c7ccccc7)cc(-c7ccccc7)n6)cc5c5ccccc45)cc3)cccc12. The zero-order valence-electron chi connectivity index (χ0n) is 30.1. The first-order valence-electron chi connectivity index (χ1n) is 18.8. The van der Waals surface area contributed by atoms with E-state index in [-0.39, 0.29) is 5.75 Å². The number of nitrogens with zero attached hydrogens (tertiary/aromatic N) is 2. The van der Waals surface area contributed by atoms with Crippen molar-refractivity contribution in [2.75, 3.05) is 0 Å². The number of hydrogen-bond donors (Lipinski definition) is 1. The van der Waals surface area contributed by atoms with E-state index in [1.54, 1.807) is 6.07 Å². The second-order valence-corrected chi connectivity index (χ2v) is 14.2. The molecule has 11 aromatic rings. The molecule has 11 rings (SSSR count). The van der Waals surface area contributed by atoms with Crippen LogP contribution in [0.25, 0.3) is 110 Å². The molecule has 0 bridgehead atoms. The second kappa shape index (κ2) is 12.8. The highest BCUT2D eigenvalue weighted by atomic mass is 16.4. The van der Waals surface area contributed by atoms with Crippen molar-refractivity contribution in [3.8, 4) is 61.9 Å². The molecule has 9 aromatic carbocycles. The molecule has 4 heteroatoms. The Kier molecular flexibility index (Phi) is 7.29. The van der Waals surface area contributed by atoms with Crippen LogP contribution in [0, 0.1) is 0 Å². The van der Waals surface area contributed by atoms with Gasteiger partial charge < -0.3 is 9.52 Å². The van der Waals surface area contributed by atoms with Crippen molar-refractivity contribution in [1.29, 1.82) is 0 Å². The summed E-state index contributed by atoms with van der Waals surface area (Å²) in [4.78, 5) is 10.5. The lowest BCUT2D eigenvalue weighted by Gasteiger charge is -2.16. The summed E-state index contributed by atoms with van der Waals surface area (Å²) >= 11 is 0. The highest BCUT2D eigenvalue weighted by Gasteiger charge is 2.19. The third-order valence-electron chi connectivity index (χ3n) is 11.0. The lowest BCUT2D eigenvalue weighted by molar-refractivity contribution is 0.469. The van der Waals surface area contributed by atoms with Crippen LogP contribution in [0.4, 0.5) is 0 Å². The summed E-state index contributed by atoms with van der Waals surface area (Å²) in [6, 6.07) is 65.1. The molecular weight excluding hydrogens is 685 g/mol. The minimum atomic E-state index is 0.146. The van der Waals surface area contributed by atoms with Gasteiger partial charge in [-0.15, -0.1) is 0 Å². The summed E-state index contributed by atoms with van der Waals surface area (Å²) in [5.41, 5.74) is 10.5. The van der Waals surface area contributed by atoms with Crippen LogP contribution in [0.15, 0.2) is 192 Å². The van der Waals surface area contributed by atoms with Crippen molar-refractivity contribution in [2.45, 2.75) is 0 Å². The van der Waals surface area contributed by atoms with Crippen molar-refractivity contribution < 1.29 is 9.52 Å². The van der Waals surface area contributed by atoms with Gasteiger partial charge in [-0.05, 0) is 73.3 Å². The molecule has 262 valence electrons. The lowest BCUT2D eigenvalue weighted by atomic mass is 9.88. The first-order chi connectivity index (χ1) is 27.7. The fourth-order valence-corrected chi connectivity index (χ4v) is 8.32. The Labute approximate surface area is 322 Å². The summed E-state index contributed by atoms with van der Waals surface area (Å²) in [6.45, 7) is 0. The van der Waals surface area contributed by atoms with Crippen LogP contribution >= 0.6 is 0 Å². The summed E-state index contributed by atoms with van der Waals surface area (Å²) < 4.78 is 6.27. The Balaban J connectivity index is 1.10. The molecular formula is C52H32N2O2. The standard InChI is InChI=1S/C52H32N2O2/c55-49-24-12-23-42-41-22-11-21-36(50(41)56-51(42)49)32-25-27-33(28-26-32)43-29-44-39-19-9-10-20-40(39)46(30-45(44)38-18-8-7-17-37(38)43)52-53-47(34-13-3-1-4-14-34)31-48(54-52)35-15-5-2-6-16-35/h1-31,55H. The van der Waals surface area contributed by atoms with Gasteiger partial charge in [0, 0.05) is 33.0 Å². The van der Waals surface area contributed by atoms with Gasteiger partial charge in [-0.1, -0.05) is 164 Å². The summed E-state index contributed by atoms with van der Waals surface area (Å²) in [7, 11) is 0. The van der Waals surface area contributed by atoms with E-state index in [9.17, 15) is 5.11 Å². The van der Waals surface area contributed by atoms with Crippen LogP contribution in [0.2, 0.25) is 0 Å². The minimum absolute atomic E-state index is 0.146. The van der Waals surface area contributed by atoms with Crippen LogP contribution in [0.3, 0.4) is 0 Å². The number of benzene rings is 9. The van der Waals surface area contributed by atoms with Crippen molar-refractivity contribution in [3.63, 3.8) is 0 Å². The largest absolute Gasteiger partial charge is 0.504 e. The molecule has 0 radical (unpaired) electrons. The molecule has 56 heavy (non-hydrogen) atoms. The predicted octanol–water partition coefficient (Wildman–Crippen LogP) is 13.9. The Morgan fingerprint density at radius 2 is 0.786 bits per heavy atom. The number of aromatic nitrogens is 2. The normalized spacial score (nSPS) is 11.6. The Hall–Kier alpha value is -7.56. The van der Waals surface area contributed by atoms with Gasteiger partial charge in [0.1, 0.15) is 5.58 Å². The third-order valence-corrected chi connectivity index (χ3v) is 11.0. The van der Waals surface area contributed by atoms with Gasteiger partial charge in [-0.3, -0.25) is 0 Å². The Morgan fingerprint density at radius 3 is 1.39 bits per heavy atom. The van der Waals surface area contributed by atoms with Gasteiger partial charge in [0.2, 0.25) is 0 Å². The van der Waals surface area contributed by atoms with E-state index in [1.165, 1.54) is 16.2 Å². The fourth-order valence-electron chi connectivity index (χ4n) is 8.32. The van der Waals surface area contributed by atoms with Gasteiger partial charge in [0.05, 0.1) is 11.4 Å². The lowest BCUT2D eigenvalue weighted by Crippen LogP contribution is -1.97. The number of fused-ring (bicyclic) bond motifs is 8. The minimum Gasteiger partial charge on any atom is -0.504 e. The zero-order valence-corrected chi connectivity index (χ0v) is 30.1. The molecule has 0 aliphatic rings. The average Bonchev–Trinajstić information content (AvgIpc) is 3.67. The topological polar surface area (TPSA) is 59.2 Å². The van der Waals surface area contributed by atoms with Gasteiger partial charge in [-0.25, -0.2) is 9.97 Å². The summed E-state index contributed by atoms with van der Waals surface area (Å²) in [5.74, 6) is 0.842. The number of phenols is 1. The molecule has 0 saturated heterocycles. The van der Waals surface area contributed by atoms with Gasteiger partial charge >= 0.3 is 0 Å². The van der Waals surface area contributed by atoms with E-state index in [1.807, 2.05) is 36.4 Å². The van der Waals surface area contributed by atoms with E-state index in [4.69, 9.17) is 14.4 Å². The van der Waals surface area contributed by atoms with E-state index in [0.29, 0.717) is 11.4 Å². The van der Waals surface area contributed by atoms with Gasteiger partial charge in [0.15, 0.2) is 17.2 Å². The maximum Gasteiger partial charge on any atom is 0.177 e. The molecule has 0 spiro atoms. The van der Waals surface area contributed by atoms with E-state index < -0.39 is 0 Å². The van der Waals surface area contributed by atoms with Crippen LogP contribution in [0.5, 0.6) is 5.75 Å². The van der Waals surface area contributed by atoms with Gasteiger partial charge in [0.25, 0.3) is 0 Å². The molecule has 4 nitrogen and oxygen atoms in total. The maximum atomic E-state index is 10.5. The Morgan fingerprint density at radius 1 is 0.321 bits per heavy atom. The van der Waals surface area contributed by atoms with E-state index >= 15 is 0 Å². The third kappa shape index (κ3) is 5.15. The molecule has 0 atom stereocenters. The molecule has 1 N–H and O–H groups in total. The first kappa shape index (κ1) is 31.9. The number of aromatic hydroxyl groups is 1. The molecule has 2 heterocycles. The molecule has 0 fully saturated rings. The quantitative estimate of drug-likeness (QED) is 0.180. The molecule has 0 saturated carbocycles. The number of phenolic OH excluding ortho intramolecular Hbond substituents is 1. The number of hydrogen-bond acceptors (Lipinski definition) is 4. The smallest absolute Gasteiger partial charge is 0.177 e. The number of para-hydroxylation sites is 2. The molecule has 0 aliphatic carbocycles. The maximum absolute atomic E-state index is 10.5. The van der Waals surface area contributed by atoms with Crippen molar-refractivity contribution in [1.82, 2.24) is 9.97 Å². The van der Waals surface area contributed by atoms with Gasteiger partial charge in [-0.2, -0.15) is 0 Å². The molecule has 2 aromatic heterocycles. The number of furan rings is 1. The highest BCUT2D eigenvalue weighted by molar-refractivity contribution is 6.23. The van der Waals surface area contributed by atoms with Crippen LogP contribution in [-0.2, 0) is 0 Å². The number of rotatable bonds is 5. The van der Waals surface area contributed by atoms with Crippen molar-refractivity contribution in [3.05, 3.63) is 188 Å². The van der Waals surface area contributed by atoms with Crippen LogP contribution in [0.1, 0.15) is 0 Å². The second-order valence-electron chi connectivity index (χ2n) is 14.2. The van der Waals surface area contributed by atoms with E-state index in [2.05, 4.69) is 146 Å². The van der Waals surface area contributed by atoms with Crippen molar-refractivity contribution >= 4 is 54.3 Å². The molecule has 0 amide bonds. The van der Waals surface area contributed by atoms with Crippen molar-refractivity contribution in [2.24, 2.45) is 0 Å². The monoisotopic (exact) mass is 716 g/mol. The molecule has 0 aliphatic heterocycles. The first-order valence-corrected chi connectivity index (χ1v) is 18.8. The Bertz CT molecular complexity index is 3240. The van der Waals surface area contributed by atoms with E-state index in [0.717, 1.165) is 82.8 Å². The summed E-state index contributed by atoms with van der Waals surface area (Å²) in [5, 5.41) is 19.3. The van der Waals surface area contributed by atoms with Crippen LogP contribution in [-0.4, -0.2) is 15.1 Å². The predicted molar refractivity (Wildman–Crippen MR) is 231 cm³/mol. The van der Waals surface area contributed by atoms with Crippen LogP contribution < -0.4 is 0 Å². The highest BCUT2D eigenvalue weighted by Crippen LogP contribution is 2.43. The fraction of sp³-hybridized carbons (Fsp3) is 0.